The number of rotatable bonds is 6. The number of nitrogens with one attached hydrogen (secondary N) is 1. The van der Waals surface area contributed by atoms with Crippen LogP contribution >= 0.6 is 0 Å². The molecule has 0 radical (unpaired) electrons. The van der Waals surface area contributed by atoms with Crippen molar-refractivity contribution in [1.82, 2.24) is 19.5 Å². The van der Waals surface area contributed by atoms with E-state index >= 15 is 0 Å². The standard InChI is InChI=1S/C21H28N4O3/c1-3-19-23-24(11-7-10-20(26)22-15-8-5-4-6-9-15)21(27)17-13-18-16(25(17)19)12-14(2)28-18/h12-13,15H,3-11H2,1-2H3,(H,22,26). The zero-order valence-electron chi connectivity index (χ0n) is 16.7. The van der Waals surface area contributed by atoms with Crippen LogP contribution in [0, 0.1) is 6.92 Å². The van der Waals surface area contributed by atoms with Crippen molar-refractivity contribution in [2.24, 2.45) is 0 Å². The highest BCUT2D eigenvalue weighted by Gasteiger charge is 2.17. The molecular formula is C21H28N4O3. The van der Waals surface area contributed by atoms with Crippen molar-refractivity contribution in [2.75, 3.05) is 0 Å². The summed E-state index contributed by atoms with van der Waals surface area (Å²) in [7, 11) is 0. The molecule has 0 atom stereocenters. The molecule has 0 spiro atoms. The molecular weight excluding hydrogens is 356 g/mol. The molecule has 0 saturated heterocycles. The quantitative estimate of drug-likeness (QED) is 0.707. The second-order valence-corrected chi connectivity index (χ2v) is 7.78. The second-order valence-electron chi connectivity index (χ2n) is 7.78. The minimum Gasteiger partial charge on any atom is -0.460 e. The maximum absolute atomic E-state index is 12.9. The van der Waals surface area contributed by atoms with Gasteiger partial charge in [0.1, 0.15) is 17.1 Å². The molecule has 3 aromatic rings. The third-order valence-electron chi connectivity index (χ3n) is 5.62. The highest BCUT2D eigenvalue weighted by molar-refractivity contribution is 5.83. The topological polar surface area (TPSA) is 81.5 Å². The molecule has 4 rings (SSSR count). The lowest BCUT2D eigenvalue weighted by atomic mass is 9.95. The summed E-state index contributed by atoms with van der Waals surface area (Å²) in [5.74, 6) is 1.71. The fourth-order valence-corrected chi connectivity index (χ4v) is 4.23. The summed E-state index contributed by atoms with van der Waals surface area (Å²) in [5.41, 5.74) is 2.02. The third kappa shape index (κ3) is 3.57. The van der Waals surface area contributed by atoms with E-state index < -0.39 is 0 Å². The molecule has 0 aliphatic heterocycles. The molecule has 1 N–H and O–H groups in total. The van der Waals surface area contributed by atoms with Crippen LogP contribution in [0.3, 0.4) is 0 Å². The third-order valence-corrected chi connectivity index (χ3v) is 5.62. The first kappa shape index (κ1) is 18.8. The van der Waals surface area contributed by atoms with E-state index in [1.807, 2.05) is 24.3 Å². The van der Waals surface area contributed by atoms with Crippen LogP contribution in [0.4, 0.5) is 0 Å². The maximum Gasteiger partial charge on any atom is 0.291 e. The van der Waals surface area contributed by atoms with Gasteiger partial charge in [-0.2, -0.15) is 5.10 Å². The van der Waals surface area contributed by atoms with Gasteiger partial charge in [0.15, 0.2) is 5.58 Å². The summed E-state index contributed by atoms with van der Waals surface area (Å²) in [6.45, 7) is 4.35. The van der Waals surface area contributed by atoms with Crippen molar-refractivity contribution in [1.29, 1.82) is 0 Å². The molecule has 1 aliphatic carbocycles. The Bertz CT molecular complexity index is 1050. The normalized spacial score (nSPS) is 15.5. The summed E-state index contributed by atoms with van der Waals surface area (Å²) in [4.78, 5) is 25.1. The van der Waals surface area contributed by atoms with Gasteiger partial charge < -0.3 is 9.73 Å². The molecule has 3 aromatic heterocycles. The Labute approximate surface area is 163 Å². The molecule has 1 fully saturated rings. The highest BCUT2D eigenvalue weighted by atomic mass is 16.3. The van der Waals surface area contributed by atoms with E-state index in [9.17, 15) is 9.59 Å². The predicted molar refractivity (Wildman–Crippen MR) is 108 cm³/mol. The van der Waals surface area contributed by atoms with Gasteiger partial charge in [0.25, 0.3) is 5.56 Å². The van der Waals surface area contributed by atoms with Crippen molar-refractivity contribution in [3.05, 3.63) is 34.1 Å². The molecule has 28 heavy (non-hydrogen) atoms. The van der Waals surface area contributed by atoms with Crippen LogP contribution in [0.2, 0.25) is 0 Å². The molecule has 1 saturated carbocycles. The van der Waals surface area contributed by atoms with Gasteiger partial charge in [0, 0.05) is 37.6 Å². The van der Waals surface area contributed by atoms with Gasteiger partial charge in [0.05, 0.1) is 5.52 Å². The lowest BCUT2D eigenvalue weighted by Crippen LogP contribution is -2.36. The van der Waals surface area contributed by atoms with Crippen LogP contribution in [-0.2, 0) is 17.8 Å². The Hall–Kier alpha value is -2.57. The molecule has 3 heterocycles. The van der Waals surface area contributed by atoms with E-state index in [1.165, 1.54) is 23.9 Å². The van der Waals surface area contributed by atoms with E-state index in [1.54, 1.807) is 6.07 Å². The molecule has 0 bridgehead atoms. The molecule has 0 aromatic carbocycles. The number of hydrogen-bond acceptors (Lipinski definition) is 4. The van der Waals surface area contributed by atoms with Gasteiger partial charge in [-0.25, -0.2) is 4.68 Å². The first-order valence-corrected chi connectivity index (χ1v) is 10.4. The first-order chi connectivity index (χ1) is 13.6. The maximum atomic E-state index is 12.9. The van der Waals surface area contributed by atoms with E-state index in [0.29, 0.717) is 42.9 Å². The number of carbonyl (C=O) groups is 1. The Morgan fingerprint density at radius 1 is 1.25 bits per heavy atom. The number of aryl methyl sites for hydroxylation is 3. The van der Waals surface area contributed by atoms with Crippen molar-refractivity contribution < 1.29 is 9.21 Å². The number of furan rings is 1. The largest absolute Gasteiger partial charge is 0.460 e. The summed E-state index contributed by atoms with van der Waals surface area (Å²) >= 11 is 0. The smallest absolute Gasteiger partial charge is 0.291 e. The van der Waals surface area contributed by atoms with E-state index in [-0.39, 0.29) is 11.5 Å². The minimum atomic E-state index is -0.144. The van der Waals surface area contributed by atoms with E-state index in [0.717, 1.165) is 29.9 Å². The van der Waals surface area contributed by atoms with Crippen molar-refractivity contribution >= 4 is 22.5 Å². The van der Waals surface area contributed by atoms with Crippen LogP contribution in [0.25, 0.3) is 16.6 Å². The summed E-state index contributed by atoms with van der Waals surface area (Å²) in [6.07, 6.45) is 7.55. The van der Waals surface area contributed by atoms with Crippen LogP contribution in [0.15, 0.2) is 21.3 Å². The summed E-state index contributed by atoms with van der Waals surface area (Å²) in [6, 6.07) is 4.05. The minimum absolute atomic E-state index is 0.0763. The van der Waals surface area contributed by atoms with Crippen molar-refractivity contribution in [3.63, 3.8) is 0 Å². The lowest BCUT2D eigenvalue weighted by molar-refractivity contribution is -0.122. The van der Waals surface area contributed by atoms with Crippen molar-refractivity contribution in [3.8, 4) is 0 Å². The van der Waals surface area contributed by atoms with Gasteiger partial charge in [0.2, 0.25) is 5.91 Å². The Kier molecular flexibility index (Phi) is 5.24. The van der Waals surface area contributed by atoms with Crippen LogP contribution < -0.4 is 10.9 Å². The number of hydrogen-bond donors (Lipinski definition) is 1. The van der Waals surface area contributed by atoms with E-state index in [4.69, 9.17) is 4.42 Å². The molecule has 1 aliphatic rings. The van der Waals surface area contributed by atoms with Gasteiger partial charge in [-0.15, -0.1) is 0 Å². The van der Waals surface area contributed by atoms with Gasteiger partial charge in [-0.3, -0.25) is 14.0 Å². The van der Waals surface area contributed by atoms with Crippen LogP contribution in [0.5, 0.6) is 0 Å². The van der Waals surface area contributed by atoms with Gasteiger partial charge in [-0.05, 0) is 26.2 Å². The number of aromatic nitrogens is 3. The van der Waals surface area contributed by atoms with Gasteiger partial charge in [-0.1, -0.05) is 26.2 Å². The predicted octanol–water partition coefficient (Wildman–Crippen LogP) is 3.34. The van der Waals surface area contributed by atoms with Crippen LogP contribution in [0.1, 0.15) is 63.5 Å². The van der Waals surface area contributed by atoms with Crippen LogP contribution in [-0.4, -0.2) is 26.1 Å². The number of amides is 1. The van der Waals surface area contributed by atoms with Crippen molar-refractivity contribution in [2.45, 2.75) is 77.8 Å². The average molecular weight is 384 g/mol. The summed E-state index contributed by atoms with van der Waals surface area (Å²) in [5, 5.41) is 7.69. The second kappa shape index (κ2) is 7.81. The zero-order chi connectivity index (χ0) is 19.7. The Morgan fingerprint density at radius 3 is 2.79 bits per heavy atom. The van der Waals surface area contributed by atoms with Gasteiger partial charge >= 0.3 is 0 Å². The number of fused-ring (bicyclic) bond motifs is 3. The lowest BCUT2D eigenvalue weighted by Gasteiger charge is -2.22. The Balaban J connectivity index is 1.48. The molecule has 150 valence electrons. The fraction of sp³-hybridized carbons (Fsp3) is 0.571. The van der Waals surface area contributed by atoms with E-state index in [2.05, 4.69) is 10.4 Å². The first-order valence-electron chi connectivity index (χ1n) is 10.4. The fourth-order valence-electron chi connectivity index (χ4n) is 4.23. The zero-order valence-corrected chi connectivity index (χ0v) is 16.7. The SMILES string of the molecule is CCc1nn(CCCC(=O)NC2CCCCC2)c(=O)c2cc3oc(C)cc3n12. The molecule has 7 heteroatoms. The average Bonchev–Trinajstić information content (AvgIpc) is 3.21. The monoisotopic (exact) mass is 384 g/mol. The number of nitrogens with zero attached hydrogens (tertiary/aromatic N) is 3. The summed E-state index contributed by atoms with van der Waals surface area (Å²) < 4.78 is 9.07. The highest BCUT2D eigenvalue weighted by Crippen LogP contribution is 2.23. The number of carbonyl (C=O) groups excluding carboxylic acids is 1. The molecule has 7 nitrogen and oxygen atoms in total. The molecule has 0 unspecified atom stereocenters. The molecule has 1 amide bonds. The Morgan fingerprint density at radius 2 is 2.04 bits per heavy atom.